The van der Waals surface area contributed by atoms with Gasteiger partial charge >= 0.3 is 0 Å². The molecule has 0 fully saturated rings. The van der Waals surface area contributed by atoms with Gasteiger partial charge in [-0.15, -0.1) is 0 Å². The van der Waals surface area contributed by atoms with E-state index in [-0.39, 0.29) is 18.2 Å². The maximum atomic E-state index is 11.7. The lowest BCUT2D eigenvalue weighted by Gasteiger charge is -2.07. The first kappa shape index (κ1) is 13.8. The molecule has 1 aromatic rings. The molecule has 6 nitrogen and oxygen atoms in total. The molecule has 0 saturated carbocycles. The molecule has 98 valence electrons. The Hall–Kier alpha value is -2.24. The van der Waals surface area contributed by atoms with E-state index in [4.69, 9.17) is 16.2 Å². The lowest BCUT2D eigenvalue weighted by atomic mass is 10.1. The molecule has 5 N–H and O–H groups in total. The van der Waals surface area contributed by atoms with Crippen LogP contribution in [0.4, 0.5) is 5.69 Å². The van der Waals surface area contributed by atoms with Crippen LogP contribution in [0.1, 0.15) is 23.2 Å². The van der Waals surface area contributed by atoms with Crippen LogP contribution >= 0.6 is 0 Å². The molecule has 0 bridgehead atoms. The molecule has 18 heavy (non-hydrogen) atoms. The van der Waals surface area contributed by atoms with Crippen molar-refractivity contribution in [1.82, 2.24) is 5.32 Å². The van der Waals surface area contributed by atoms with Gasteiger partial charge in [-0.1, -0.05) is 0 Å². The Kier molecular flexibility index (Phi) is 4.98. The van der Waals surface area contributed by atoms with Crippen LogP contribution < -0.4 is 21.5 Å². The summed E-state index contributed by atoms with van der Waals surface area (Å²) in [7, 11) is 1.51. The monoisotopic (exact) mass is 251 g/mol. The molecular formula is C12H17N3O3. The molecule has 0 atom stereocenters. The van der Waals surface area contributed by atoms with Gasteiger partial charge in [-0.3, -0.25) is 9.59 Å². The second-order valence-electron chi connectivity index (χ2n) is 3.78. The third-order valence-electron chi connectivity index (χ3n) is 2.38. The van der Waals surface area contributed by atoms with Gasteiger partial charge in [0.25, 0.3) is 5.91 Å². The Bertz CT molecular complexity index is 446. The first-order valence-corrected chi connectivity index (χ1v) is 5.54. The van der Waals surface area contributed by atoms with Gasteiger partial charge < -0.3 is 21.5 Å². The molecular weight excluding hydrogens is 234 g/mol. The highest BCUT2D eigenvalue weighted by molar-refractivity contribution is 5.95. The fraction of sp³-hybridized carbons (Fsp3) is 0.333. The lowest BCUT2D eigenvalue weighted by molar-refractivity contribution is -0.118. The SMILES string of the molecule is COc1ccc(C(=O)NCCCC(N)=O)cc1N. The van der Waals surface area contributed by atoms with Crippen LogP contribution in [-0.4, -0.2) is 25.5 Å². The number of primary amides is 1. The van der Waals surface area contributed by atoms with E-state index in [0.717, 1.165) is 0 Å². The van der Waals surface area contributed by atoms with E-state index in [1.54, 1.807) is 18.2 Å². The summed E-state index contributed by atoms with van der Waals surface area (Å²) >= 11 is 0. The summed E-state index contributed by atoms with van der Waals surface area (Å²) in [5, 5.41) is 2.68. The van der Waals surface area contributed by atoms with Crippen molar-refractivity contribution in [3.63, 3.8) is 0 Å². The second-order valence-corrected chi connectivity index (χ2v) is 3.78. The quantitative estimate of drug-likeness (QED) is 0.498. The number of hydrogen-bond donors (Lipinski definition) is 3. The summed E-state index contributed by atoms with van der Waals surface area (Å²) in [6, 6.07) is 4.80. The van der Waals surface area contributed by atoms with Crippen molar-refractivity contribution in [1.29, 1.82) is 0 Å². The summed E-state index contributed by atoms with van der Waals surface area (Å²) in [5.74, 6) is -0.0907. The molecule has 6 heteroatoms. The summed E-state index contributed by atoms with van der Waals surface area (Å²) in [6.45, 7) is 0.397. The van der Waals surface area contributed by atoms with Crippen molar-refractivity contribution in [2.24, 2.45) is 5.73 Å². The Morgan fingerprint density at radius 2 is 2.11 bits per heavy atom. The van der Waals surface area contributed by atoms with Crippen molar-refractivity contribution in [3.8, 4) is 5.75 Å². The Balaban J connectivity index is 2.51. The summed E-state index contributed by atoms with van der Waals surface area (Å²) in [5.41, 5.74) is 11.5. The van der Waals surface area contributed by atoms with E-state index < -0.39 is 0 Å². The van der Waals surface area contributed by atoms with Crippen LogP contribution in [0, 0.1) is 0 Å². The van der Waals surface area contributed by atoms with Crippen molar-refractivity contribution in [3.05, 3.63) is 23.8 Å². The van der Waals surface area contributed by atoms with Crippen LogP contribution in [0.2, 0.25) is 0 Å². The zero-order chi connectivity index (χ0) is 13.5. The van der Waals surface area contributed by atoms with Crippen LogP contribution in [0.15, 0.2) is 18.2 Å². The molecule has 0 heterocycles. The Morgan fingerprint density at radius 3 is 2.67 bits per heavy atom. The van der Waals surface area contributed by atoms with Gasteiger partial charge in [-0.25, -0.2) is 0 Å². The Morgan fingerprint density at radius 1 is 1.39 bits per heavy atom. The molecule has 1 rings (SSSR count). The topological polar surface area (TPSA) is 107 Å². The number of nitrogens with two attached hydrogens (primary N) is 2. The van der Waals surface area contributed by atoms with Crippen LogP contribution in [-0.2, 0) is 4.79 Å². The molecule has 0 spiro atoms. The van der Waals surface area contributed by atoms with Crippen molar-refractivity contribution >= 4 is 17.5 Å². The van der Waals surface area contributed by atoms with Gasteiger partial charge in [0, 0.05) is 18.5 Å². The molecule has 0 unspecified atom stereocenters. The van der Waals surface area contributed by atoms with Gasteiger partial charge in [0.15, 0.2) is 0 Å². The summed E-state index contributed by atoms with van der Waals surface area (Å²) < 4.78 is 5.00. The molecule has 2 amide bonds. The van der Waals surface area contributed by atoms with Gasteiger partial charge in [0.2, 0.25) is 5.91 Å². The van der Waals surface area contributed by atoms with Gasteiger partial charge in [-0.05, 0) is 24.6 Å². The predicted molar refractivity (Wildman–Crippen MR) is 68.2 cm³/mol. The number of nitrogens with one attached hydrogen (secondary N) is 1. The third-order valence-corrected chi connectivity index (χ3v) is 2.38. The lowest BCUT2D eigenvalue weighted by Crippen LogP contribution is -2.25. The van der Waals surface area contributed by atoms with E-state index in [0.29, 0.717) is 30.0 Å². The third kappa shape index (κ3) is 3.97. The van der Waals surface area contributed by atoms with Crippen LogP contribution in [0.3, 0.4) is 0 Å². The first-order valence-electron chi connectivity index (χ1n) is 5.54. The predicted octanol–water partition coefficient (Wildman–Crippen LogP) is 0.273. The number of carbonyl (C=O) groups is 2. The number of amides is 2. The molecule has 0 aromatic heterocycles. The zero-order valence-electron chi connectivity index (χ0n) is 10.2. The number of methoxy groups -OCH3 is 1. The highest BCUT2D eigenvalue weighted by atomic mass is 16.5. The van der Waals surface area contributed by atoms with Crippen molar-refractivity contribution < 1.29 is 14.3 Å². The van der Waals surface area contributed by atoms with E-state index in [9.17, 15) is 9.59 Å². The van der Waals surface area contributed by atoms with E-state index in [2.05, 4.69) is 5.32 Å². The molecule has 0 radical (unpaired) electrons. The number of nitrogen functional groups attached to an aromatic ring is 1. The number of rotatable bonds is 6. The Labute approximate surface area is 105 Å². The van der Waals surface area contributed by atoms with Crippen LogP contribution in [0.25, 0.3) is 0 Å². The van der Waals surface area contributed by atoms with E-state index in [1.807, 2.05) is 0 Å². The fourth-order valence-corrected chi connectivity index (χ4v) is 1.44. The highest BCUT2D eigenvalue weighted by Crippen LogP contribution is 2.21. The molecule has 0 saturated heterocycles. The molecule has 0 aliphatic rings. The van der Waals surface area contributed by atoms with E-state index in [1.165, 1.54) is 7.11 Å². The summed E-state index contributed by atoms with van der Waals surface area (Å²) in [4.78, 5) is 22.2. The van der Waals surface area contributed by atoms with Crippen LogP contribution in [0.5, 0.6) is 5.75 Å². The maximum absolute atomic E-state index is 11.7. The minimum Gasteiger partial charge on any atom is -0.495 e. The van der Waals surface area contributed by atoms with Crippen molar-refractivity contribution in [2.75, 3.05) is 19.4 Å². The van der Waals surface area contributed by atoms with Crippen molar-refractivity contribution in [2.45, 2.75) is 12.8 Å². The number of ether oxygens (including phenoxy) is 1. The minimum atomic E-state index is -0.377. The van der Waals surface area contributed by atoms with Gasteiger partial charge in [-0.2, -0.15) is 0 Å². The van der Waals surface area contributed by atoms with E-state index >= 15 is 0 Å². The van der Waals surface area contributed by atoms with Gasteiger partial charge in [0.1, 0.15) is 5.75 Å². The highest BCUT2D eigenvalue weighted by Gasteiger charge is 2.08. The molecule has 0 aliphatic carbocycles. The largest absolute Gasteiger partial charge is 0.495 e. The average Bonchev–Trinajstić information content (AvgIpc) is 2.34. The first-order chi connectivity index (χ1) is 8.54. The standard InChI is InChI=1S/C12H17N3O3/c1-18-10-5-4-8(7-9(10)13)12(17)15-6-2-3-11(14)16/h4-5,7H,2-3,6,13H2,1H3,(H2,14,16)(H,15,17). The van der Waals surface area contributed by atoms with Gasteiger partial charge in [0.05, 0.1) is 12.8 Å². The minimum absolute atomic E-state index is 0.242. The number of carbonyl (C=O) groups excluding carboxylic acids is 2. The molecule has 1 aromatic carbocycles. The fourth-order valence-electron chi connectivity index (χ4n) is 1.44. The number of benzene rings is 1. The normalized spacial score (nSPS) is 9.83. The molecule has 0 aliphatic heterocycles. The number of hydrogen-bond acceptors (Lipinski definition) is 4. The maximum Gasteiger partial charge on any atom is 0.251 e. The second kappa shape index (κ2) is 6.48. The zero-order valence-corrected chi connectivity index (χ0v) is 10.2. The summed E-state index contributed by atoms with van der Waals surface area (Å²) in [6.07, 6.45) is 0.776. The average molecular weight is 251 g/mol. The number of anilines is 1. The smallest absolute Gasteiger partial charge is 0.251 e.